The molecule has 1 amide bonds. The Bertz CT molecular complexity index is 1080. The van der Waals surface area contributed by atoms with E-state index < -0.39 is 0 Å². The molecule has 1 atom stereocenters. The molecule has 0 aliphatic heterocycles. The maximum absolute atomic E-state index is 13.3. The molecule has 1 unspecified atom stereocenters. The molecule has 1 N–H and O–H groups in total. The Morgan fingerprint density at radius 3 is 2.00 bits per heavy atom. The summed E-state index contributed by atoms with van der Waals surface area (Å²) in [5.74, 6) is 0.0854. The number of hydrogen-bond donors (Lipinski definition) is 1. The summed E-state index contributed by atoms with van der Waals surface area (Å²) in [6.45, 7) is 4.44. The summed E-state index contributed by atoms with van der Waals surface area (Å²) in [5.41, 5.74) is 5.20. The van der Waals surface area contributed by atoms with Crippen molar-refractivity contribution in [3.63, 3.8) is 0 Å². The van der Waals surface area contributed by atoms with Gasteiger partial charge in [-0.05, 0) is 29.0 Å². The molecule has 4 heteroatoms. The largest absolute Gasteiger partial charge is 0.301 e. The van der Waals surface area contributed by atoms with Crippen molar-refractivity contribution in [2.75, 3.05) is 5.32 Å². The van der Waals surface area contributed by atoms with Gasteiger partial charge in [0.2, 0.25) is 5.91 Å². The van der Waals surface area contributed by atoms with Gasteiger partial charge in [0.25, 0.3) is 0 Å². The lowest BCUT2D eigenvalue weighted by Crippen LogP contribution is -2.22. The number of amides is 1. The summed E-state index contributed by atoms with van der Waals surface area (Å²) < 4.78 is 0. The van der Waals surface area contributed by atoms with Crippen LogP contribution in [-0.2, 0) is 4.79 Å². The number of hydrogen-bond acceptors (Lipinski definition) is 3. The first-order chi connectivity index (χ1) is 15.2. The van der Waals surface area contributed by atoms with Gasteiger partial charge in [0, 0.05) is 10.9 Å². The minimum Gasteiger partial charge on any atom is -0.301 e. The minimum atomic E-state index is -0.385. The molecule has 0 bridgehead atoms. The number of carbonyl (C=O) groups is 1. The van der Waals surface area contributed by atoms with Gasteiger partial charge in [0.1, 0.15) is 0 Å². The van der Waals surface area contributed by atoms with Crippen molar-refractivity contribution in [2.45, 2.75) is 32.1 Å². The second kappa shape index (κ2) is 9.71. The standard InChI is InChI=1S/C27H26N2OS/c1-3-19(2)20-14-16-21(17-15-20)24-18-31-27(28-24)29-26(30)25(22-10-6-4-7-11-22)23-12-8-5-9-13-23/h4-19,25H,3H2,1-2H3,(H,28,29,30). The van der Waals surface area contributed by atoms with E-state index in [1.165, 1.54) is 16.9 Å². The van der Waals surface area contributed by atoms with Gasteiger partial charge in [-0.1, -0.05) is 98.8 Å². The van der Waals surface area contributed by atoms with Gasteiger partial charge in [0.05, 0.1) is 11.6 Å². The van der Waals surface area contributed by atoms with E-state index in [4.69, 9.17) is 0 Å². The summed E-state index contributed by atoms with van der Waals surface area (Å²) in [6.07, 6.45) is 1.12. The third-order valence-electron chi connectivity index (χ3n) is 5.65. The van der Waals surface area contributed by atoms with E-state index in [2.05, 4.69) is 48.4 Å². The summed E-state index contributed by atoms with van der Waals surface area (Å²) in [7, 11) is 0. The smallest absolute Gasteiger partial charge is 0.238 e. The Morgan fingerprint density at radius 1 is 0.871 bits per heavy atom. The molecule has 0 fully saturated rings. The van der Waals surface area contributed by atoms with Gasteiger partial charge < -0.3 is 5.32 Å². The predicted molar refractivity (Wildman–Crippen MR) is 130 cm³/mol. The van der Waals surface area contributed by atoms with Crippen LogP contribution in [0.25, 0.3) is 11.3 Å². The molecule has 0 aliphatic rings. The molecular formula is C27H26N2OS. The lowest BCUT2D eigenvalue weighted by Gasteiger charge is -2.17. The van der Waals surface area contributed by atoms with Gasteiger partial charge in [-0.15, -0.1) is 11.3 Å². The quantitative estimate of drug-likeness (QED) is 0.343. The topological polar surface area (TPSA) is 42.0 Å². The SMILES string of the molecule is CCC(C)c1ccc(-c2csc(NC(=O)C(c3ccccc3)c3ccccc3)n2)cc1. The first-order valence-electron chi connectivity index (χ1n) is 10.6. The molecule has 3 nitrogen and oxygen atoms in total. The molecule has 0 radical (unpaired) electrons. The Balaban J connectivity index is 1.54. The Labute approximate surface area is 187 Å². The molecular weight excluding hydrogens is 400 g/mol. The maximum atomic E-state index is 13.3. The van der Waals surface area contributed by atoms with Crippen molar-refractivity contribution in [2.24, 2.45) is 0 Å². The van der Waals surface area contributed by atoms with E-state index in [0.717, 1.165) is 28.8 Å². The predicted octanol–water partition coefficient (Wildman–Crippen LogP) is 7.09. The number of rotatable bonds is 7. The normalized spacial score (nSPS) is 12.0. The summed E-state index contributed by atoms with van der Waals surface area (Å²) >= 11 is 1.45. The fourth-order valence-corrected chi connectivity index (χ4v) is 4.37. The molecule has 156 valence electrons. The minimum absolute atomic E-state index is 0.0783. The average molecular weight is 427 g/mol. The van der Waals surface area contributed by atoms with Crippen LogP contribution in [0.2, 0.25) is 0 Å². The van der Waals surface area contributed by atoms with Crippen LogP contribution in [0.15, 0.2) is 90.3 Å². The van der Waals surface area contributed by atoms with Gasteiger partial charge in [-0.2, -0.15) is 0 Å². The number of nitrogens with zero attached hydrogens (tertiary/aromatic N) is 1. The van der Waals surface area contributed by atoms with Crippen LogP contribution in [-0.4, -0.2) is 10.9 Å². The molecule has 1 aromatic heterocycles. The molecule has 0 aliphatic carbocycles. The fourth-order valence-electron chi connectivity index (χ4n) is 3.65. The van der Waals surface area contributed by atoms with Crippen molar-refractivity contribution >= 4 is 22.4 Å². The van der Waals surface area contributed by atoms with E-state index in [1.54, 1.807) is 0 Å². The van der Waals surface area contributed by atoms with Crippen LogP contribution in [0.5, 0.6) is 0 Å². The van der Waals surface area contributed by atoms with Gasteiger partial charge in [-0.3, -0.25) is 4.79 Å². The number of nitrogens with one attached hydrogen (secondary N) is 1. The Hall–Kier alpha value is -3.24. The molecule has 0 saturated carbocycles. The third-order valence-corrected chi connectivity index (χ3v) is 6.41. The number of thiazole rings is 1. The first kappa shape index (κ1) is 21.0. The summed E-state index contributed by atoms with van der Waals surface area (Å²) in [4.78, 5) is 17.9. The fraction of sp³-hybridized carbons (Fsp3) is 0.185. The van der Waals surface area contributed by atoms with E-state index in [9.17, 15) is 4.79 Å². The Kier molecular flexibility index (Phi) is 6.58. The van der Waals surface area contributed by atoms with Crippen molar-refractivity contribution in [1.82, 2.24) is 4.98 Å². The zero-order valence-electron chi connectivity index (χ0n) is 17.8. The van der Waals surface area contributed by atoms with Crippen molar-refractivity contribution in [1.29, 1.82) is 0 Å². The van der Waals surface area contributed by atoms with Crippen LogP contribution in [0.3, 0.4) is 0 Å². The van der Waals surface area contributed by atoms with Crippen molar-refractivity contribution in [3.05, 3.63) is 107 Å². The summed E-state index contributed by atoms with van der Waals surface area (Å²) in [6, 6.07) is 28.3. The van der Waals surface area contributed by atoms with E-state index in [0.29, 0.717) is 11.0 Å². The Morgan fingerprint density at radius 2 is 1.45 bits per heavy atom. The molecule has 0 spiro atoms. The van der Waals surface area contributed by atoms with Crippen LogP contribution in [0.1, 0.15) is 48.8 Å². The van der Waals surface area contributed by atoms with E-state index in [1.807, 2.05) is 66.0 Å². The van der Waals surface area contributed by atoms with Crippen LogP contribution in [0.4, 0.5) is 5.13 Å². The highest BCUT2D eigenvalue weighted by molar-refractivity contribution is 7.14. The van der Waals surface area contributed by atoms with Crippen molar-refractivity contribution in [3.8, 4) is 11.3 Å². The maximum Gasteiger partial charge on any atom is 0.238 e. The van der Waals surface area contributed by atoms with Crippen LogP contribution < -0.4 is 5.32 Å². The molecule has 31 heavy (non-hydrogen) atoms. The molecule has 3 aromatic carbocycles. The second-order valence-electron chi connectivity index (χ2n) is 7.71. The highest BCUT2D eigenvalue weighted by atomic mass is 32.1. The number of aromatic nitrogens is 1. The van der Waals surface area contributed by atoms with E-state index >= 15 is 0 Å². The zero-order chi connectivity index (χ0) is 21.6. The summed E-state index contributed by atoms with van der Waals surface area (Å²) in [5, 5.41) is 5.64. The lowest BCUT2D eigenvalue weighted by molar-refractivity contribution is -0.116. The zero-order valence-corrected chi connectivity index (χ0v) is 18.6. The highest BCUT2D eigenvalue weighted by Crippen LogP contribution is 2.30. The first-order valence-corrected chi connectivity index (χ1v) is 11.5. The average Bonchev–Trinajstić information content (AvgIpc) is 3.28. The molecule has 1 heterocycles. The molecule has 4 aromatic rings. The van der Waals surface area contributed by atoms with Crippen LogP contribution in [0, 0.1) is 0 Å². The molecule has 4 rings (SSSR count). The van der Waals surface area contributed by atoms with Gasteiger partial charge >= 0.3 is 0 Å². The number of carbonyl (C=O) groups excluding carboxylic acids is 1. The lowest BCUT2D eigenvalue weighted by atomic mass is 9.90. The number of benzene rings is 3. The monoisotopic (exact) mass is 426 g/mol. The van der Waals surface area contributed by atoms with Gasteiger partial charge in [0.15, 0.2) is 5.13 Å². The van der Waals surface area contributed by atoms with Gasteiger partial charge in [-0.25, -0.2) is 4.98 Å². The van der Waals surface area contributed by atoms with Crippen molar-refractivity contribution < 1.29 is 4.79 Å². The molecule has 0 saturated heterocycles. The van der Waals surface area contributed by atoms with E-state index in [-0.39, 0.29) is 11.8 Å². The third kappa shape index (κ3) is 4.92. The highest BCUT2D eigenvalue weighted by Gasteiger charge is 2.23. The van der Waals surface area contributed by atoms with Crippen LogP contribution >= 0.6 is 11.3 Å². The number of anilines is 1. The second-order valence-corrected chi connectivity index (χ2v) is 8.57.